The molecule has 194 valence electrons. The predicted molar refractivity (Wildman–Crippen MR) is 123 cm³/mol. The van der Waals surface area contributed by atoms with Gasteiger partial charge in [0, 0.05) is 29.8 Å². The molecule has 11 heteroatoms. The van der Waals surface area contributed by atoms with Crippen molar-refractivity contribution in [1.29, 1.82) is 0 Å². The number of halogens is 5. The van der Waals surface area contributed by atoms with Crippen LogP contribution in [-0.4, -0.2) is 28.3 Å². The van der Waals surface area contributed by atoms with Gasteiger partial charge < -0.3 is 15.2 Å². The second kappa shape index (κ2) is 9.79. The van der Waals surface area contributed by atoms with Gasteiger partial charge in [-0.25, -0.2) is 4.79 Å². The zero-order valence-electron chi connectivity index (χ0n) is 19.4. The number of nitrogens with one attached hydrogen (secondary N) is 1. The summed E-state index contributed by atoms with van der Waals surface area (Å²) in [6.45, 7) is 1.32. The Hall–Kier alpha value is -4.02. The average Bonchev–Trinajstić information content (AvgIpc) is 3.64. The van der Waals surface area contributed by atoms with Crippen LogP contribution in [0.15, 0.2) is 60.8 Å². The number of rotatable bonds is 8. The number of nitrogens with zero attached hydrogens (tertiary/aromatic N) is 1. The molecule has 1 aliphatic carbocycles. The van der Waals surface area contributed by atoms with E-state index in [-0.39, 0.29) is 28.1 Å². The summed E-state index contributed by atoms with van der Waals surface area (Å²) in [6.07, 6.45) is -3.84. The molecule has 6 nitrogen and oxygen atoms in total. The molecule has 2 unspecified atom stereocenters. The molecule has 0 bridgehead atoms. The van der Waals surface area contributed by atoms with Gasteiger partial charge in [0.25, 0.3) is 5.92 Å². The topological polar surface area (TPSA) is 88.5 Å². The number of carboxylic acid groups (broad SMARTS) is 1. The molecule has 1 heterocycles. The number of aromatic nitrogens is 1. The second-order valence-electron chi connectivity index (χ2n) is 8.58. The molecule has 3 aromatic rings. The average molecular weight is 520 g/mol. The van der Waals surface area contributed by atoms with Crippen molar-refractivity contribution in [3.63, 3.8) is 0 Å². The minimum absolute atomic E-state index is 0.165. The number of alkyl halides is 5. The number of carbonyl (C=O) groups is 2. The number of amides is 1. The zero-order valence-corrected chi connectivity index (χ0v) is 19.4. The van der Waals surface area contributed by atoms with Crippen LogP contribution in [-0.2, 0) is 10.7 Å². The lowest BCUT2D eigenvalue weighted by atomic mass is 9.99. The van der Waals surface area contributed by atoms with Crippen molar-refractivity contribution in [1.82, 2.24) is 4.98 Å². The molecule has 1 aliphatic rings. The summed E-state index contributed by atoms with van der Waals surface area (Å²) in [5.41, 5.74) is 0.317. The fourth-order valence-corrected chi connectivity index (χ4v) is 4.07. The van der Waals surface area contributed by atoms with Crippen molar-refractivity contribution in [2.45, 2.75) is 38.0 Å². The monoisotopic (exact) mass is 520 g/mol. The number of hydrogen-bond donors (Lipinski definition) is 2. The van der Waals surface area contributed by atoms with Crippen LogP contribution < -0.4 is 10.1 Å². The predicted octanol–water partition coefficient (Wildman–Crippen LogP) is 6.59. The van der Waals surface area contributed by atoms with Gasteiger partial charge in [-0.2, -0.15) is 8.78 Å². The molecule has 0 aliphatic heterocycles. The highest BCUT2D eigenvalue weighted by atomic mass is 19.4. The van der Waals surface area contributed by atoms with Crippen molar-refractivity contribution < 1.29 is 41.4 Å². The van der Waals surface area contributed by atoms with Gasteiger partial charge in [-0.3, -0.25) is 9.78 Å². The van der Waals surface area contributed by atoms with Gasteiger partial charge in [-0.05, 0) is 47.7 Å². The van der Waals surface area contributed by atoms with E-state index in [4.69, 9.17) is 0 Å². The normalized spacial score (nSPS) is 17.2. The molecule has 0 saturated heterocycles. The summed E-state index contributed by atoms with van der Waals surface area (Å²) in [6, 6.07) is 12.2. The number of benzene rings is 2. The van der Waals surface area contributed by atoms with Crippen LogP contribution in [0.5, 0.6) is 5.75 Å². The zero-order chi connectivity index (χ0) is 27.0. The first-order chi connectivity index (χ1) is 17.4. The quantitative estimate of drug-likeness (QED) is 0.327. The first kappa shape index (κ1) is 26.1. The van der Waals surface area contributed by atoms with Gasteiger partial charge in [-0.15, -0.1) is 13.2 Å². The molecule has 0 spiro atoms. The molecule has 0 radical (unpaired) electrons. The highest BCUT2D eigenvalue weighted by molar-refractivity contribution is 6.00. The number of carbonyl (C=O) groups excluding carboxylic acids is 1. The number of para-hydroxylation sites is 1. The number of pyridine rings is 1. The molecule has 2 atom stereocenters. The van der Waals surface area contributed by atoms with E-state index in [1.165, 1.54) is 49.4 Å². The first-order valence-electron chi connectivity index (χ1n) is 11.3. The van der Waals surface area contributed by atoms with Gasteiger partial charge in [0.2, 0.25) is 5.91 Å². The maximum absolute atomic E-state index is 13.8. The Morgan fingerprint density at radius 2 is 1.81 bits per heavy atom. The minimum Gasteiger partial charge on any atom is -0.478 e. The summed E-state index contributed by atoms with van der Waals surface area (Å²) in [5.74, 6) is -6.38. The van der Waals surface area contributed by atoms with E-state index in [9.17, 15) is 36.6 Å². The molecule has 1 fully saturated rings. The third-order valence-corrected chi connectivity index (χ3v) is 6.08. The molecule has 37 heavy (non-hydrogen) atoms. The van der Waals surface area contributed by atoms with Gasteiger partial charge in [0.1, 0.15) is 11.4 Å². The van der Waals surface area contributed by atoms with Crippen LogP contribution in [0.2, 0.25) is 0 Å². The summed E-state index contributed by atoms with van der Waals surface area (Å²) in [4.78, 5) is 28.4. The van der Waals surface area contributed by atoms with Gasteiger partial charge in [0.15, 0.2) is 0 Å². The molecule has 4 rings (SSSR count). The fraction of sp³-hybridized carbons (Fsp3) is 0.269. The molecule has 1 amide bonds. The standard InChI is InChI=1S/C26H21F5N2O4/c1-2-25(27,28)22-10-7-14(13-32-22)16-9-8-15(11-20(16)24(35)36)33-23(34)19-12-18(19)17-5-3-4-6-21(17)37-26(29,30)31/h3-11,13,18-19H,2,12H2,1H3,(H,33,34)(H,35,36). The molecule has 1 saturated carbocycles. The van der Waals surface area contributed by atoms with Crippen molar-refractivity contribution >= 4 is 17.6 Å². The molecule has 2 aromatic carbocycles. The smallest absolute Gasteiger partial charge is 0.478 e. The van der Waals surface area contributed by atoms with E-state index in [0.717, 1.165) is 12.3 Å². The van der Waals surface area contributed by atoms with Crippen molar-refractivity contribution in [2.75, 3.05) is 5.32 Å². The summed E-state index contributed by atoms with van der Waals surface area (Å²) in [7, 11) is 0. The van der Waals surface area contributed by atoms with Crippen LogP contribution in [0.25, 0.3) is 11.1 Å². The second-order valence-corrected chi connectivity index (χ2v) is 8.58. The third kappa shape index (κ3) is 5.87. The van der Waals surface area contributed by atoms with Crippen LogP contribution in [0, 0.1) is 5.92 Å². The Balaban J connectivity index is 1.51. The van der Waals surface area contributed by atoms with Crippen LogP contribution in [0.4, 0.5) is 27.6 Å². The Labute approximate surface area is 208 Å². The maximum atomic E-state index is 13.8. The summed E-state index contributed by atoms with van der Waals surface area (Å²) >= 11 is 0. The number of aromatic carboxylic acids is 1. The van der Waals surface area contributed by atoms with E-state index >= 15 is 0 Å². The van der Waals surface area contributed by atoms with E-state index in [1.807, 2.05) is 0 Å². The molecular formula is C26H21F5N2O4. The highest BCUT2D eigenvalue weighted by Crippen LogP contribution is 2.51. The molecule has 2 N–H and O–H groups in total. The maximum Gasteiger partial charge on any atom is 0.573 e. The SMILES string of the molecule is CCC(F)(F)c1ccc(-c2ccc(NC(=O)C3CC3c3ccccc3OC(F)(F)F)cc2C(=O)O)cn1. The largest absolute Gasteiger partial charge is 0.573 e. The molecule has 1 aromatic heterocycles. The van der Waals surface area contributed by atoms with Crippen LogP contribution in [0.3, 0.4) is 0 Å². The van der Waals surface area contributed by atoms with Crippen molar-refractivity contribution in [3.8, 4) is 16.9 Å². The van der Waals surface area contributed by atoms with Gasteiger partial charge in [-0.1, -0.05) is 37.3 Å². The summed E-state index contributed by atoms with van der Waals surface area (Å²) in [5, 5.41) is 12.3. The van der Waals surface area contributed by atoms with Crippen LogP contribution >= 0.6 is 0 Å². The third-order valence-electron chi connectivity index (χ3n) is 6.08. The lowest BCUT2D eigenvalue weighted by Gasteiger charge is -2.14. The van der Waals surface area contributed by atoms with E-state index in [2.05, 4.69) is 15.0 Å². The van der Waals surface area contributed by atoms with E-state index in [0.29, 0.717) is 12.0 Å². The van der Waals surface area contributed by atoms with E-state index < -0.39 is 48.1 Å². The minimum atomic E-state index is -4.87. The van der Waals surface area contributed by atoms with Crippen LogP contribution in [0.1, 0.15) is 47.3 Å². The van der Waals surface area contributed by atoms with Crippen molar-refractivity contribution in [3.05, 3.63) is 77.6 Å². The van der Waals surface area contributed by atoms with E-state index in [1.54, 1.807) is 6.07 Å². The number of carboxylic acids is 1. The first-order valence-corrected chi connectivity index (χ1v) is 11.3. The Morgan fingerprint density at radius 3 is 2.43 bits per heavy atom. The number of ether oxygens (including phenoxy) is 1. The van der Waals surface area contributed by atoms with Gasteiger partial charge in [0.05, 0.1) is 5.56 Å². The Bertz CT molecular complexity index is 1330. The highest BCUT2D eigenvalue weighted by Gasteiger charge is 2.46. The molecular weight excluding hydrogens is 499 g/mol. The lowest BCUT2D eigenvalue weighted by Crippen LogP contribution is -2.18. The van der Waals surface area contributed by atoms with Gasteiger partial charge >= 0.3 is 12.3 Å². The number of anilines is 1. The Morgan fingerprint density at radius 1 is 1.08 bits per heavy atom. The Kier molecular flexibility index (Phi) is 6.90. The fourth-order valence-electron chi connectivity index (χ4n) is 4.07. The number of hydrogen-bond acceptors (Lipinski definition) is 4. The lowest BCUT2D eigenvalue weighted by molar-refractivity contribution is -0.274. The van der Waals surface area contributed by atoms with Crippen molar-refractivity contribution in [2.24, 2.45) is 5.92 Å². The summed E-state index contributed by atoms with van der Waals surface area (Å²) < 4.78 is 69.9.